The molecule has 0 saturated heterocycles. The van der Waals surface area contributed by atoms with Gasteiger partial charge in [-0.2, -0.15) is 0 Å². The highest BCUT2D eigenvalue weighted by molar-refractivity contribution is 5.75. The molecule has 0 spiro atoms. The number of carbonyl (C=O) groups is 1. The predicted octanol–water partition coefficient (Wildman–Crippen LogP) is 0.598. The van der Waals surface area contributed by atoms with Crippen molar-refractivity contribution in [3.63, 3.8) is 0 Å². The number of aryl methyl sites for hydroxylation is 1. The van der Waals surface area contributed by atoms with Crippen LogP contribution >= 0.6 is 0 Å². The molecule has 1 aromatic heterocycles. The topological polar surface area (TPSA) is 56.2 Å². The van der Waals surface area contributed by atoms with Crippen molar-refractivity contribution in [2.75, 3.05) is 20.3 Å². The molecule has 1 N–H and O–H groups in total. The largest absolute Gasteiger partial charge is 0.383 e. The van der Waals surface area contributed by atoms with E-state index in [-0.39, 0.29) is 5.91 Å². The lowest BCUT2D eigenvalue weighted by Gasteiger charge is -2.07. The number of nitrogens with one attached hydrogen (secondary N) is 1. The van der Waals surface area contributed by atoms with Gasteiger partial charge in [-0.1, -0.05) is 6.92 Å². The Morgan fingerprint density at radius 1 is 1.62 bits per heavy atom. The number of ether oxygens (including phenoxy) is 1. The van der Waals surface area contributed by atoms with E-state index in [9.17, 15) is 4.79 Å². The third-order valence-electron chi connectivity index (χ3n) is 2.22. The molecular weight excluding hydrogens is 206 g/mol. The fraction of sp³-hybridized carbons (Fsp3) is 0.636. The standard InChI is InChI=1S/C11H19N3O2/c1-3-4-10-12-5-7-14(10)9-11(15)13-6-8-16-2/h5,7H,3-4,6,8-9H2,1-2H3,(H,13,15). The van der Waals surface area contributed by atoms with Crippen LogP contribution in [0, 0.1) is 0 Å². The van der Waals surface area contributed by atoms with E-state index >= 15 is 0 Å². The number of imidazole rings is 1. The van der Waals surface area contributed by atoms with Crippen molar-refractivity contribution in [3.8, 4) is 0 Å². The van der Waals surface area contributed by atoms with Gasteiger partial charge in [0.2, 0.25) is 5.91 Å². The molecule has 0 saturated carbocycles. The molecule has 1 aromatic rings. The number of aromatic nitrogens is 2. The Morgan fingerprint density at radius 2 is 2.44 bits per heavy atom. The molecule has 0 radical (unpaired) electrons. The fourth-order valence-electron chi connectivity index (χ4n) is 1.44. The van der Waals surface area contributed by atoms with E-state index in [0.717, 1.165) is 18.7 Å². The van der Waals surface area contributed by atoms with Crippen molar-refractivity contribution in [1.82, 2.24) is 14.9 Å². The summed E-state index contributed by atoms with van der Waals surface area (Å²) in [6.07, 6.45) is 5.50. The number of hydrogen-bond acceptors (Lipinski definition) is 3. The highest BCUT2D eigenvalue weighted by atomic mass is 16.5. The number of carbonyl (C=O) groups excluding carboxylic acids is 1. The summed E-state index contributed by atoms with van der Waals surface area (Å²) in [7, 11) is 1.61. The summed E-state index contributed by atoms with van der Waals surface area (Å²) in [6, 6.07) is 0. The summed E-state index contributed by atoms with van der Waals surface area (Å²) in [5, 5.41) is 2.78. The van der Waals surface area contributed by atoms with Crippen LogP contribution in [0.5, 0.6) is 0 Å². The van der Waals surface area contributed by atoms with Gasteiger partial charge in [-0.05, 0) is 6.42 Å². The van der Waals surface area contributed by atoms with E-state index in [1.165, 1.54) is 0 Å². The maximum Gasteiger partial charge on any atom is 0.240 e. The van der Waals surface area contributed by atoms with Crippen molar-refractivity contribution >= 4 is 5.91 Å². The third kappa shape index (κ3) is 4.02. The maximum atomic E-state index is 11.5. The van der Waals surface area contributed by atoms with E-state index in [1.807, 2.05) is 10.8 Å². The van der Waals surface area contributed by atoms with E-state index < -0.39 is 0 Å². The summed E-state index contributed by atoms with van der Waals surface area (Å²) in [5.41, 5.74) is 0. The molecule has 0 aliphatic carbocycles. The smallest absolute Gasteiger partial charge is 0.240 e. The average Bonchev–Trinajstić information content (AvgIpc) is 2.67. The van der Waals surface area contributed by atoms with Crippen LogP contribution in [0.1, 0.15) is 19.2 Å². The molecule has 0 aliphatic heterocycles. The molecule has 1 heterocycles. The molecule has 0 unspecified atom stereocenters. The number of methoxy groups -OCH3 is 1. The summed E-state index contributed by atoms with van der Waals surface area (Å²) in [4.78, 5) is 15.7. The van der Waals surface area contributed by atoms with Crippen molar-refractivity contribution in [2.45, 2.75) is 26.3 Å². The second kappa shape index (κ2) is 7.00. The van der Waals surface area contributed by atoms with Gasteiger partial charge in [0.1, 0.15) is 12.4 Å². The first-order chi connectivity index (χ1) is 7.77. The Labute approximate surface area is 95.8 Å². The number of amides is 1. The van der Waals surface area contributed by atoms with Crippen LogP contribution in [0.15, 0.2) is 12.4 Å². The minimum atomic E-state index is -0.00703. The van der Waals surface area contributed by atoms with Crippen LogP contribution in [0.2, 0.25) is 0 Å². The minimum Gasteiger partial charge on any atom is -0.383 e. The molecular formula is C11H19N3O2. The van der Waals surface area contributed by atoms with Gasteiger partial charge >= 0.3 is 0 Å². The van der Waals surface area contributed by atoms with Gasteiger partial charge in [-0.3, -0.25) is 4.79 Å². The fourth-order valence-corrected chi connectivity index (χ4v) is 1.44. The Hall–Kier alpha value is -1.36. The molecule has 0 aromatic carbocycles. The van der Waals surface area contributed by atoms with E-state index in [1.54, 1.807) is 13.3 Å². The molecule has 1 amide bonds. The van der Waals surface area contributed by atoms with Crippen LogP contribution < -0.4 is 5.32 Å². The quantitative estimate of drug-likeness (QED) is 0.691. The Bertz CT molecular complexity index is 323. The molecule has 90 valence electrons. The van der Waals surface area contributed by atoms with Crippen molar-refractivity contribution in [2.24, 2.45) is 0 Å². The number of nitrogens with zero attached hydrogens (tertiary/aromatic N) is 2. The zero-order chi connectivity index (χ0) is 11.8. The zero-order valence-corrected chi connectivity index (χ0v) is 9.90. The summed E-state index contributed by atoms with van der Waals surface area (Å²) < 4.78 is 6.74. The van der Waals surface area contributed by atoms with Crippen LogP contribution in [0.3, 0.4) is 0 Å². The first-order valence-corrected chi connectivity index (χ1v) is 5.53. The van der Waals surface area contributed by atoms with E-state index in [4.69, 9.17) is 4.74 Å². The van der Waals surface area contributed by atoms with Crippen molar-refractivity contribution in [1.29, 1.82) is 0 Å². The second-order valence-electron chi connectivity index (χ2n) is 3.56. The molecule has 0 atom stereocenters. The Kier molecular flexibility index (Phi) is 5.56. The second-order valence-corrected chi connectivity index (χ2v) is 3.56. The molecule has 5 nitrogen and oxygen atoms in total. The minimum absolute atomic E-state index is 0.00703. The van der Waals surface area contributed by atoms with Crippen molar-refractivity contribution in [3.05, 3.63) is 18.2 Å². The van der Waals surface area contributed by atoms with Gasteiger partial charge in [0.05, 0.1) is 6.61 Å². The number of rotatable bonds is 7. The van der Waals surface area contributed by atoms with Gasteiger partial charge in [-0.15, -0.1) is 0 Å². The van der Waals surface area contributed by atoms with Gasteiger partial charge < -0.3 is 14.6 Å². The molecule has 0 aliphatic rings. The lowest BCUT2D eigenvalue weighted by atomic mass is 10.3. The summed E-state index contributed by atoms with van der Waals surface area (Å²) in [5.74, 6) is 0.955. The van der Waals surface area contributed by atoms with Crippen LogP contribution in [-0.4, -0.2) is 35.7 Å². The first-order valence-electron chi connectivity index (χ1n) is 5.53. The highest BCUT2D eigenvalue weighted by Crippen LogP contribution is 2.00. The molecule has 5 heteroatoms. The van der Waals surface area contributed by atoms with Crippen molar-refractivity contribution < 1.29 is 9.53 Å². The van der Waals surface area contributed by atoms with Gasteiger partial charge in [0.25, 0.3) is 0 Å². The first kappa shape index (κ1) is 12.7. The van der Waals surface area contributed by atoms with Gasteiger partial charge in [0.15, 0.2) is 0 Å². The van der Waals surface area contributed by atoms with Crippen LogP contribution in [0.4, 0.5) is 0 Å². The predicted molar refractivity (Wildman–Crippen MR) is 61.1 cm³/mol. The lowest BCUT2D eigenvalue weighted by Crippen LogP contribution is -2.30. The normalized spacial score (nSPS) is 10.4. The monoisotopic (exact) mass is 225 g/mol. The Morgan fingerprint density at radius 3 is 3.12 bits per heavy atom. The summed E-state index contributed by atoms with van der Waals surface area (Å²) in [6.45, 7) is 3.52. The summed E-state index contributed by atoms with van der Waals surface area (Å²) >= 11 is 0. The van der Waals surface area contributed by atoms with Gasteiger partial charge in [-0.25, -0.2) is 4.98 Å². The Balaban J connectivity index is 2.39. The molecule has 0 fully saturated rings. The third-order valence-corrected chi connectivity index (χ3v) is 2.22. The molecule has 1 rings (SSSR count). The number of hydrogen-bond donors (Lipinski definition) is 1. The average molecular weight is 225 g/mol. The zero-order valence-electron chi connectivity index (χ0n) is 9.90. The molecule has 0 bridgehead atoms. The lowest BCUT2D eigenvalue weighted by molar-refractivity contribution is -0.121. The van der Waals surface area contributed by atoms with E-state index in [2.05, 4.69) is 17.2 Å². The highest BCUT2D eigenvalue weighted by Gasteiger charge is 2.06. The maximum absolute atomic E-state index is 11.5. The molecule has 16 heavy (non-hydrogen) atoms. The van der Waals surface area contributed by atoms with Gasteiger partial charge in [0, 0.05) is 32.5 Å². The SMILES string of the molecule is CCCc1nccn1CC(=O)NCCOC. The van der Waals surface area contributed by atoms with Crippen LogP contribution in [-0.2, 0) is 22.5 Å². The van der Waals surface area contributed by atoms with E-state index in [0.29, 0.717) is 19.7 Å². The van der Waals surface area contributed by atoms with Crippen LogP contribution in [0.25, 0.3) is 0 Å².